The topological polar surface area (TPSA) is 38.3 Å². The number of aryl methyl sites for hydroxylation is 1. The summed E-state index contributed by atoms with van der Waals surface area (Å²) in [6.45, 7) is 9.30. The minimum atomic E-state index is -0.375. The number of carbonyl (C=O) groups excluding carboxylic acids is 1. The largest absolute Gasteiger partial charge is 0.453 e. The molecule has 3 nitrogen and oxygen atoms in total. The van der Waals surface area contributed by atoms with Crippen LogP contribution in [-0.2, 0) is 16.6 Å². The lowest BCUT2D eigenvalue weighted by atomic mass is 9.85. The smallest absolute Gasteiger partial charge is 0.406 e. The minimum absolute atomic E-state index is 0.151. The summed E-state index contributed by atoms with van der Waals surface area (Å²) in [5, 5.41) is 2.71. The third kappa shape index (κ3) is 4.06. The fourth-order valence-electron chi connectivity index (χ4n) is 1.78. The van der Waals surface area contributed by atoms with E-state index < -0.39 is 0 Å². The van der Waals surface area contributed by atoms with Crippen molar-refractivity contribution < 1.29 is 9.53 Å². The van der Waals surface area contributed by atoms with E-state index in [-0.39, 0.29) is 11.5 Å². The first-order valence-electron chi connectivity index (χ1n) is 6.26. The molecule has 0 spiro atoms. The highest BCUT2D eigenvalue weighted by Gasteiger charge is 2.14. The number of ether oxygens (including phenoxy) is 1. The van der Waals surface area contributed by atoms with Gasteiger partial charge in [0, 0.05) is 6.54 Å². The maximum absolute atomic E-state index is 11.0. The van der Waals surface area contributed by atoms with Gasteiger partial charge in [-0.1, -0.05) is 39.0 Å². The highest BCUT2D eigenvalue weighted by Crippen LogP contribution is 2.24. The standard InChI is InChI=1S/C15H23NO2/c1-11-6-7-13(15(2,3)4)10-12(11)8-9-16-14(17)18-5/h6-7,10H,8-9H2,1-5H3,(H,16,17). The third-order valence-electron chi connectivity index (χ3n) is 3.06. The maximum Gasteiger partial charge on any atom is 0.406 e. The van der Waals surface area contributed by atoms with E-state index >= 15 is 0 Å². The molecule has 0 saturated heterocycles. The van der Waals surface area contributed by atoms with E-state index in [9.17, 15) is 4.79 Å². The van der Waals surface area contributed by atoms with Gasteiger partial charge in [0.15, 0.2) is 0 Å². The van der Waals surface area contributed by atoms with Gasteiger partial charge < -0.3 is 10.1 Å². The van der Waals surface area contributed by atoms with Crippen LogP contribution in [0.4, 0.5) is 4.79 Å². The van der Waals surface area contributed by atoms with E-state index in [1.807, 2.05) is 0 Å². The number of alkyl carbamates (subject to hydrolysis) is 1. The Kier molecular flexibility index (Phi) is 4.76. The molecule has 0 unspecified atom stereocenters. The minimum Gasteiger partial charge on any atom is -0.453 e. The number of nitrogens with one attached hydrogen (secondary N) is 1. The van der Waals surface area contributed by atoms with Crippen molar-refractivity contribution in [2.24, 2.45) is 0 Å². The molecule has 0 aliphatic heterocycles. The van der Waals surface area contributed by atoms with Crippen LogP contribution in [0.2, 0.25) is 0 Å². The molecule has 1 aromatic rings. The van der Waals surface area contributed by atoms with E-state index in [4.69, 9.17) is 0 Å². The zero-order valence-corrected chi connectivity index (χ0v) is 12.0. The molecular formula is C15H23NO2. The van der Waals surface area contributed by atoms with Crippen molar-refractivity contribution in [2.75, 3.05) is 13.7 Å². The summed E-state index contributed by atoms with van der Waals surface area (Å²) < 4.78 is 4.55. The zero-order valence-electron chi connectivity index (χ0n) is 12.0. The maximum atomic E-state index is 11.0. The average molecular weight is 249 g/mol. The van der Waals surface area contributed by atoms with Gasteiger partial charge in [-0.2, -0.15) is 0 Å². The van der Waals surface area contributed by atoms with Crippen molar-refractivity contribution in [3.63, 3.8) is 0 Å². The van der Waals surface area contributed by atoms with Crippen molar-refractivity contribution in [3.05, 3.63) is 34.9 Å². The second kappa shape index (κ2) is 5.89. The lowest BCUT2D eigenvalue weighted by Crippen LogP contribution is -2.25. The Labute approximate surface area is 110 Å². The first-order chi connectivity index (χ1) is 8.34. The van der Waals surface area contributed by atoms with Crippen LogP contribution in [0.25, 0.3) is 0 Å². The number of rotatable bonds is 3. The summed E-state index contributed by atoms with van der Waals surface area (Å²) in [7, 11) is 1.38. The molecule has 0 aromatic heterocycles. The van der Waals surface area contributed by atoms with Crippen LogP contribution in [0.15, 0.2) is 18.2 Å². The molecule has 1 amide bonds. The van der Waals surface area contributed by atoms with Crippen molar-refractivity contribution in [1.29, 1.82) is 0 Å². The summed E-state index contributed by atoms with van der Waals surface area (Å²) in [5.41, 5.74) is 4.01. The molecule has 0 bridgehead atoms. The van der Waals surface area contributed by atoms with Crippen LogP contribution in [0.3, 0.4) is 0 Å². The monoisotopic (exact) mass is 249 g/mol. The summed E-state index contributed by atoms with van der Waals surface area (Å²) in [6, 6.07) is 6.55. The average Bonchev–Trinajstić information content (AvgIpc) is 2.29. The fraction of sp³-hybridized carbons (Fsp3) is 0.533. The van der Waals surface area contributed by atoms with E-state index in [1.54, 1.807) is 0 Å². The van der Waals surface area contributed by atoms with Crippen LogP contribution >= 0.6 is 0 Å². The predicted octanol–water partition coefficient (Wildman–Crippen LogP) is 3.19. The van der Waals surface area contributed by atoms with Crippen LogP contribution < -0.4 is 5.32 Å². The van der Waals surface area contributed by atoms with E-state index in [0.717, 1.165) is 6.42 Å². The molecule has 100 valence electrons. The number of amides is 1. The number of methoxy groups -OCH3 is 1. The van der Waals surface area contributed by atoms with Gasteiger partial charge in [-0.15, -0.1) is 0 Å². The lowest BCUT2D eigenvalue weighted by Gasteiger charge is -2.21. The van der Waals surface area contributed by atoms with Crippen LogP contribution in [0.5, 0.6) is 0 Å². The second-order valence-electron chi connectivity index (χ2n) is 5.56. The Morgan fingerprint density at radius 2 is 2.00 bits per heavy atom. The van der Waals surface area contributed by atoms with Crippen LogP contribution in [0, 0.1) is 6.92 Å². The molecule has 1 rings (SSSR count). The molecule has 0 radical (unpaired) electrons. The molecule has 0 saturated carbocycles. The Morgan fingerprint density at radius 1 is 1.33 bits per heavy atom. The zero-order chi connectivity index (χ0) is 13.8. The first kappa shape index (κ1) is 14.6. The normalized spacial score (nSPS) is 11.2. The molecule has 0 heterocycles. The SMILES string of the molecule is COC(=O)NCCc1cc(C(C)(C)C)ccc1C. The highest BCUT2D eigenvalue weighted by molar-refractivity contribution is 5.66. The Bertz CT molecular complexity index is 419. The van der Waals surface area contributed by atoms with Gasteiger partial charge in [-0.3, -0.25) is 0 Å². The predicted molar refractivity (Wildman–Crippen MR) is 74.0 cm³/mol. The van der Waals surface area contributed by atoms with E-state index in [2.05, 4.69) is 55.9 Å². The van der Waals surface area contributed by atoms with Crippen molar-refractivity contribution >= 4 is 6.09 Å². The third-order valence-corrected chi connectivity index (χ3v) is 3.06. The number of hydrogen-bond acceptors (Lipinski definition) is 2. The summed E-state index contributed by atoms with van der Waals surface area (Å²) in [4.78, 5) is 11.0. The molecular weight excluding hydrogens is 226 g/mol. The summed E-state index contributed by atoms with van der Waals surface area (Å²) >= 11 is 0. The van der Waals surface area contributed by atoms with Gasteiger partial charge in [-0.05, 0) is 35.4 Å². The van der Waals surface area contributed by atoms with Gasteiger partial charge in [0.05, 0.1) is 7.11 Å². The molecule has 0 fully saturated rings. The molecule has 1 N–H and O–H groups in total. The van der Waals surface area contributed by atoms with Gasteiger partial charge in [0.25, 0.3) is 0 Å². The van der Waals surface area contributed by atoms with E-state index in [1.165, 1.54) is 23.8 Å². The lowest BCUT2D eigenvalue weighted by molar-refractivity contribution is 0.171. The van der Waals surface area contributed by atoms with Gasteiger partial charge in [0.2, 0.25) is 0 Å². The highest BCUT2D eigenvalue weighted by atomic mass is 16.5. The molecule has 0 atom stereocenters. The van der Waals surface area contributed by atoms with Crippen LogP contribution in [-0.4, -0.2) is 19.7 Å². The van der Waals surface area contributed by atoms with Gasteiger partial charge in [-0.25, -0.2) is 4.79 Å². The fourth-order valence-corrected chi connectivity index (χ4v) is 1.78. The summed E-state index contributed by atoms with van der Waals surface area (Å²) in [6.07, 6.45) is 0.449. The van der Waals surface area contributed by atoms with Gasteiger partial charge >= 0.3 is 6.09 Å². The molecule has 3 heteroatoms. The Balaban J connectivity index is 2.73. The van der Waals surface area contributed by atoms with Crippen molar-refractivity contribution in [1.82, 2.24) is 5.32 Å². The molecule has 18 heavy (non-hydrogen) atoms. The summed E-state index contributed by atoms with van der Waals surface area (Å²) in [5.74, 6) is 0. The molecule has 1 aromatic carbocycles. The molecule has 0 aliphatic rings. The van der Waals surface area contributed by atoms with Crippen LogP contribution in [0.1, 0.15) is 37.5 Å². The quantitative estimate of drug-likeness (QED) is 0.893. The second-order valence-corrected chi connectivity index (χ2v) is 5.56. The number of benzene rings is 1. The number of carbonyl (C=O) groups is 1. The first-order valence-corrected chi connectivity index (χ1v) is 6.26. The Hall–Kier alpha value is -1.51. The van der Waals surface area contributed by atoms with Crippen molar-refractivity contribution in [2.45, 2.75) is 39.5 Å². The Morgan fingerprint density at radius 3 is 2.56 bits per heavy atom. The number of hydrogen-bond donors (Lipinski definition) is 1. The van der Waals surface area contributed by atoms with E-state index in [0.29, 0.717) is 6.54 Å². The van der Waals surface area contributed by atoms with Crippen molar-refractivity contribution in [3.8, 4) is 0 Å². The molecule has 0 aliphatic carbocycles. The van der Waals surface area contributed by atoms with Gasteiger partial charge in [0.1, 0.15) is 0 Å².